The minimum absolute atomic E-state index is 0.181. The molecule has 5 nitrogen and oxygen atoms in total. The smallest absolute Gasteiger partial charge is 0.272 e. The predicted octanol–water partition coefficient (Wildman–Crippen LogP) is 4.02. The van der Waals surface area contributed by atoms with E-state index in [1.807, 2.05) is 48.5 Å². The highest BCUT2D eigenvalue weighted by atomic mass is 16.5. The van der Waals surface area contributed by atoms with Crippen LogP contribution in [0.1, 0.15) is 10.5 Å². The lowest BCUT2D eigenvalue weighted by Gasteiger charge is -2.13. The van der Waals surface area contributed by atoms with Crippen LogP contribution in [0.15, 0.2) is 66.9 Å². The van der Waals surface area contributed by atoms with Crippen molar-refractivity contribution in [1.82, 2.24) is 4.98 Å². The summed E-state index contributed by atoms with van der Waals surface area (Å²) in [4.78, 5) is 15.1. The molecule has 0 atom stereocenters. The van der Waals surface area contributed by atoms with Gasteiger partial charge in [-0.15, -0.1) is 0 Å². The van der Waals surface area contributed by atoms with E-state index in [2.05, 4.69) is 15.6 Å². The molecule has 0 saturated carbocycles. The van der Waals surface area contributed by atoms with Crippen LogP contribution in [0.2, 0.25) is 0 Å². The summed E-state index contributed by atoms with van der Waals surface area (Å²) in [7, 11) is 1.63. The van der Waals surface area contributed by atoms with Crippen LogP contribution in [-0.2, 0) is 0 Å². The summed E-state index contributed by atoms with van der Waals surface area (Å²) in [5.41, 5.74) is 2.96. The molecule has 5 heteroatoms. The van der Waals surface area contributed by atoms with Gasteiger partial charge in [0.15, 0.2) is 0 Å². The summed E-state index contributed by atoms with van der Waals surface area (Å²) < 4.78 is 5.15. The molecule has 3 N–H and O–H groups in total. The van der Waals surface area contributed by atoms with E-state index < -0.39 is 0 Å². The van der Waals surface area contributed by atoms with Gasteiger partial charge in [-0.05, 0) is 48.5 Å². The number of aromatic nitrogens is 1. The zero-order chi connectivity index (χ0) is 16.1. The molecule has 2 aromatic carbocycles. The normalized spacial score (nSPS) is 10.1. The molecule has 1 aromatic heterocycles. The molecule has 0 fully saturated rings. The largest absolute Gasteiger partial charge is 0.497 e. The second-order valence-corrected chi connectivity index (χ2v) is 4.94. The Kier molecular flexibility index (Phi) is 4.29. The van der Waals surface area contributed by atoms with Crippen molar-refractivity contribution >= 4 is 23.0 Å². The Morgan fingerprint density at radius 3 is 2.35 bits per heavy atom. The van der Waals surface area contributed by atoms with E-state index in [0.29, 0.717) is 11.4 Å². The first-order chi connectivity index (χ1) is 11.3. The van der Waals surface area contributed by atoms with E-state index in [0.717, 1.165) is 17.1 Å². The zero-order valence-electron chi connectivity index (χ0n) is 12.7. The molecule has 3 aromatic rings. The Labute approximate surface area is 134 Å². The second-order valence-electron chi connectivity index (χ2n) is 4.94. The third kappa shape index (κ3) is 3.52. The van der Waals surface area contributed by atoms with Crippen LogP contribution in [0.5, 0.6) is 5.75 Å². The topological polar surface area (TPSA) is 66.2 Å². The summed E-state index contributed by atoms with van der Waals surface area (Å²) in [6.07, 6.45) is 1.72. The fraction of sp³-hybridized carbons (Fsp3) is 0.0556. The van der Waals surface area contributed by atoms with Crippen LogP contribution < -0.4 is 15.4 Å². The van der Waals surface area contributed by atoms with Crippen LogP contribution >= 0.6 is 0 Å². The summed E-state index contributed by atoms with van der Waals surface area (Å²) >= 11 is 0. The van der Waals surface area contributed by atoms with E-state index >= 15 is 0 Å². The fourth-order valence-corrected chi connectivity index (χ4v) is 2.19. The van der Waals surface area contributed by atoms with Gasteiger partial charge in [0.2, 0.25) is 0 Å². The maximum Gasteiger partial charge on any atom is 0.272 e. The number of aromatic amines is 1. The van der Waals surface area contributed by atoms with E-state index in [1.165, 1.54) is 0 Å². The van der Waals surface area contributed by atoms with Crippen LogP contribution in [0, 0.1) is 0 Å². The molecule has 1 amide bonds. The number of carbonyl (C=O) groups excluding carboxylic acids is 1. The molecule has 23 heavy (non-hydrogen) atoms. The number of para-hydroxylation sites is 2. The van der Waals surface area contributed by atoms with Crippen molar-refractivity contribution in [3.05, 3.63) is 72.6 Å². The number of hydrogen-bond donors (Lipinski definition) is 3. The number of nitrogens with one attached hydrogen (secondary N) is 3. The lowest BCUT2D eigenvalue weighted by atomic mass is 10.2. The lowest BCUT2D eigenvalue weighted by molar-refractivity contribution is 0.102. The molecule has 0 unspecified atom stereocenters. The summed E-state index contributed by atoms with van der Waals surface area (Å²) in [5.74, 6) is 0.614. The summed E-state index contributed by atoms with van der Waals surface area (Å²) in [5, 5.41) is 6.19. The maximum atomic E-state index is 12.2. The van der Waals surface area contributed by atoms with Crippen molar-refractivity contribution in [2.45, 2.75) is 0 Å². The quantitative estimate of drug-likeness (QED) is 0.667. The van der Waals surface area contributed by atoms with Gasteiger partial charge >= 0.3 is 0 Å². The highest BCUT2D eigenvalue weighted by molar-refractivity contribution is 6.04. The highest BCUT2D eigenvalue weighted by Gasteiger charge is 2.09. The standard InChI is InChI=1S/C18H17N3O2/c1-23-14-10-8-13(9-11-14)20-15-5-2-3-6-16(15)21-18(22)17-7-4-12-19-17/h2-12,19-20H,1H3,(H,21,22). The van der Waals surface area contributed by atoms with Crippen molar-refractivity contribution in [3.63, 3.8) is 0 Å². The molecule has 0 bridgehead atoms. The number of methoxy groups -OCH3 is 1. The molecule has 0 aliphatic heterocycles. The van der Waals surface area contributed by atoms with Gasteiger partial charge in [-0.3, -0.25) is 4.79 Å². The Bertz CT molecular complexity index is 780. The average Bonchev–Trinajstić information content (AvgIpc) is 3.12. The van der Waals surface area contributed by atoms with Crippen molar-refractivity contribution in [2.24, 2.45) is 0 Å². The molecule has 0 aliphatic carbocycles. The minimum atomic E-state index is -0.181. The maximum absolute atomic E-state index is 12.2. The Morgan fingerprint density at radius 2 is 1.70 bits per heavy atom. The number of ether oxygens (including phenoxy) is 1. The first-order valence-electron chi connectivity index (χ1n) is 7.21. The van der Waals surface area contributed by atoms with Crippen molar-refractivity contribution in [3.8, 4) is 5.75 Å². The Balaban J connectivity index is 1.78. The van der Waals surface area contributed by atoms with Gasteiger partial charge in [0, 0.05) is 11.9 Å². The predicted molar refractivity (Wildman–Crippen MR) is 91.5 cm³/mol. The molecule has 0 spiro atoms. The zero-order valence-corrected chi connectivity index (χ0v) is 12.7. The van der Waals surface area contributed by atoms with Crippen LogP contribution in [0.3, 0.4) is 0 Å². The van der Waals surface area contributed by atoms with Crippen LogP contribution in [-0.4, -0.2) is 18.0 Å². The molecule has 116 valence electrons. The third-order valence-electron chi connectivity index (χ3n) is 3.39. The summed E-state index contributed by atoms with van der Waals surface area (Å²) in [6, 6.07) is 18.7. The van der Waals surface area contributed by atoms with E-state index in [1.54, 1.807) is 25.4 Å². The SMILES string of the molecule is COc1ccc(Nc2ccccc2NC(=O)c2ccc[nH]2)cc1. The van der Waals surface area contributed by atoms with Crippen LogP contribution in [0.4, 0.5) is 17.1 Å². The van der Waals surface area contributed by atoms with Gasteiger partial charge in [-0.2, -0.15) is 0 Å². The number of benzene rings is 2. The Morgan fingerprint density at radius 1 is 0.957 bits per heavy atom. The van der Waals surface area contributed by atoms with Gasteiger partial charge in [0.25, 0.3) is 5.91 Å². The van der Waals surface area contributed by atoms with E-state index in [9.17, 15) is 4.79 Å². The first-order valence-corrected chi connectivity index (χ1v) is 7.21. The lowest BCUT2D eigenvalue weighted by Crippen LogP contribution is -2.13. The first kappa shape index (κ1) is 14.7. The average molecular weight is 307 g/mol. The van der Waals surface area contributed by atoms with Gasteiger partial charge in [0.1, 0.15) is 11.4 Å². The molecule has 1 heterocycles. The number of hydrogen-bond acceptors (Lipinski definition) is 3. The second kappa shape index (κ2) is 6.70. The molecule has 0 radical (unpaired) electrons. The van der Waals surface area contributed by atoms with E-state index in [-0.39, 0.29) is 5.91 Å². The number of amides is 1. The van der Waals surface area contributed by atoms with Gasteiger partial charge in [-0.25, -0.2) is 0 Å². The molecular weight excluding hydrogens is 290 g/mol. The molecule has 0 aliphatic rings. The molecular formula is C18H17N3O2. The van der Waals surface area contributed by atoms with Crippen molar-refractivity contribution < 1.29 is 9.53 Å². The third-order valence-corrected chi connectivity index (χ3v) is 3.39. The number of H-pyrrole nitrogens is 1. The molecule has 3 rings (SSSR count). The fourth-order valence-electron chi connectivity index (χ4n) is 2.19. The number of anilines is 3. The monoisotopic (exact) mass is 307 g/mol. The highest BCUT2D eigenvalue weighted by Crippen LogP contribution is 2.26. The van der Waals surface area contributed by atoms with Crippen LogP contribution in [0.25, 0.3) is 0 Å². The van der Waals surface area contributed by atoms with E-state index in [4.69, 9.17) is 4.74 Å². The Hall–Kier alpha value is -3.21. The van der Waals surface area contributed by atoms with Crippen molar-refractivity contribution in [1.29, 1.82) is 0 Å². The van der Waals surface area contributed by atoms with Crippen molar-refractivity contribution in [2.75, 3.05) is 17.7 Å². The number of carbonyl (C=O) groups is 1. The van der Waals surface area contributed by atoms with Gasteiger partial charge in [-0.1, -0.05) is 12.1 Å². The van der Waals surface area contributed by atoms with Gasteiger partial charge < -0.3 is 20.4 Å². The minimum Gasteiger partial charge on any atom is -0.497 e. The van der Waals surface area contributed by atoms with Gasteiger partial charge in [0.05, 0.1) is 18.5 Å². The summed E-state index contributed by atoms with van der Waals surface area (Å²) in [6.45, 7) is 0. The molecule has 0 saturated heterocycles. The number of rotatable bonds is 5.